The maximum absolute atomic E-state index is 12.5. The van der Waals surface area contributed by atoms with E-state index in [-0.39, 0.29) is 0 Å². The Labute approximate surface area is 151 Å². The number of esters is 1. The van der Waals surface area contributed by atoms with Crippen molar-refractivity contribution >= 4 is 28.5 Å². The summed E-state index contributed by atoms with van der Waals surface area (Å²) in [6, 6.07) is 14.5. The van der Waals surface area contributed by atoms with E-state index in [1.54, 1.807) is 44.5 Å². The predicted octanol–water partition coefficient (Wildman–Crippen LogP) is 3.37. The van der Waals surface area contributed by atoms with Crippen LogP contribution in [0.1, 0.15) is 17.3 Å². The molecule has 0 radical (unpaired) electrons. The van der Waals surface area contributed by atoms with E-state index < -0.39 is 18.0 Å². The predicted molar refractivity (Wildman–Crippen MR) is 99.4 cm³/mol. The minimum atomic E-state index is -0.937. The van der Waals surface area contributed by atoms with E-state index in [1.165, 1.54) is 0 Å². The number of carbonyl (C=O) groups excluding carboxylic acids is 2. The molecule has 0 aliphatic heterocycles. The molecule has 3 aromatic rings. The first-order valence-corrected chi connectivity index (χ1v) is 8.19. The Balaban J connectivity index is 1.71. The summed E-state index contributed by atoms with van der Waals surface area (Å²) in [4.78, 5) is 24.8. The Morgan fingerprint density at radius 2 is 1.88 bits per heavy atom. The molecule has 0 unspecified atom stereocenters. The van der Waals surface area contributed by atoms with Crippen LogP contribution in [0, 0.1) is 0 Å². The number of rotatable bonds is 5. The van der Waals surface area contributed by atoms with Gasteiger partial charge in [-0.2, -0.15) is 0 Å². The second-order valence-corrected chi connectivity index (χ2v) is 5.94. The normalized spacial score (nSPS) is 11.8. The van der Waals surface area contributed by atoms with Crippen LogP contribution in [0.15, 0.2) is 54.7 Å². The van der Waals surface area contributed by atoms with Crippen LogP contribution in [0.5, 0.6) is 5.75 Å². The minimum absolute atomic E-state index is 0.410. The summed E-state index contributed by atoms with van der Waals surface area (Å²) in [6.45, 7) is 1.54. The number of para-hydroxylation sites is 1. The van der Waals surface area contributed by atoms with E-state index in [0.717, 1.165) is 10.9 Å². The zero-order valence-electron chi connectivity index (χ0n) is 14.9. The molecule has 0 fully saturated rings. The van der Waals surface area contributed by atoms with Crippen molar-refractivity contribution in [1.82, 2.24) is 4.57 Å². The fraction of sp³-hybridized carbons (Fsp3) is 0.200. The maximum atomic E-state index is 12.5. The quantitative estimate of drug-likeness (QED) is 0.715. The Morgan fingerprint density at radius 1 is 1.12 bits per heavy atom. The topological polar surface area (TPSA) is 69.6 Å². The monoisotopic (exact) mass is 352 g/mol. The van der Waals surface area contributed by atoms with Gasteiger partial charge in [-0.05, 0) is 25.1 Å². The average Bonchev–Trinajstić information content (AvgIpc) is 2.99. The summed E-state index contributed by atoms with van der Waals surface area (Å²) in [5.41, 5.74) is 1.93. The lowest BCUT2D eigenvalue weighted by Gasteiger charge is -2.13. The van der Waals surface area contributed by atoms with Crippen LogP contribution < -0.4 is 10.1 Å². The standard InChI is InChI=1S/C20H20N2O4/c1-13(19(23)21-14-7-6-8-15(11-14)25-3)26-20(24)17-12-22(2)18-10-5-4-9-16(17)18/h4-13H,1-3H3,(H,21,23)/t13-/m0/s1. The highest BCUT2D eigenvalue weighted by atomic mass is 16.5. The van der Waals surface area contributed by atoms with Gasteiger partial charge in [0.1, 0.15) is 5.75 Å². The van der Waals surface area contributed by atoms with Crippen molar-refractivity contribution in [3.8, 4) is 5.75 Å². The van der Waals surface area contributed by atoms with Gasteiger partial charge in [-0.3, -0.25) is 4.79 Å². The van der Waals surface area contributed by atoms with Crippen molar-refractivity contribution < 1.29 is 19.1 Å². The van der Waals surface area contributed by atoms with Crippen molar-refractivity contribution in [2.75, 3.05) is 12.4 Å². The molecule has 1 N–H and O–H groups in total. The Hall–Kier alpha value is -3.28. The van der Waals surface area contributed by atoms with Crippen molar-refractivity contribution in [2.45, 2.75) is 13.0 Å². The van der Waals surface area contributed by atoms with E-state index in [2.05, 4.69) is 5.32 Å². The fourth-order valence-corrected chi connectivity index (χ4v) is 2.73. The molecular weight excluding hydrogens is 332 g/mol. The summed E-state index contributed by atoms with van der Waals surface area (Å²) < 4.78 is 12.3. The van der Waals surface area contributed by atoms with E-state index in [1.807, 2.05) is 35.9 Å². The lowest BCUT2D eigenvalue weighted by molar-refractivity contribution is -0.123. The molecule has 1 aromatic heterocycles. The number of amides is 1. The van der Waals surface area contributed by atoms with Crippen molar-refractivity contribution in [2.24, 2.45) is 7.05 Å². The van der Waals surface area contributed by atoms with Gasteiger partial charge in [0.2, 0.25) is 0 Å². The summed E-state index contributed by atoms with van der Waals surface area (Å²) in [6.07, 6.45) is 0.771. The van der Waals surface area contributed by atoms with Gasteiger partial charge in [0.05, 0.1) is 12.7 Å². The highest BCUT2D eigenvalue weighted by Gasteiger charge is 2.22. The molecular formula is C20H20N2O4. The van der Waals surface area contributed by atoms with E-state index in [0.29, 0.717) is 17.0 Å². The molecule has 0 saturated carbocycles. The minimum Gasteiger partial charge on any atom is -0.497 e. The highest BCUT2D eigenvalue weighted by molar-refractivity contribution is 6.05. The molecule has 1 atom stereocenters. The van der Waals surface area contributed by atoms with Gasteiger partial charge in [0, 0.05) is 35.9 Å². The first-order chi connectivity index (χ1) is 12.5. The Bertz CT molecular complexity index is 961. The van der Waals surface area contributed by atoms with Crippen molar-refractivity contribution in [3.63, 3.8) is 0 Å². The van der Waals surface area contributed by atoms with Gasteiger partial charge in [-0.15, -0.1) is 0 Å². The number of hydrogen-bond acceptors (Lipinski definition) is 4. The van der Waals surface area contributed by atoms with Crippen LogP contribution >= 0.6 is 0 Å². The van der Waals surface area contributed by atoms with Crippen molar-refractivity contribution in [1.29, 1.82) is 0 Å². The van der Waals surface area contributed by atoms with Gasteiger partial charge >= 0.3 is 5.97 Å². The molecule has 6 heteroatoms. The Morgan fingerprint density at radius 3 is 2.65 bits per heavy atom. The largest absolute Gasteiger partial charge is 0.497 e. The third kappa shape index (κ3) is 3.54. The number of anilines is 1. The number of ether oxygens (including phenoxy) is 2. The van der Waals surface area contributed by atoms with Crippen LogP contribution in [0.2, 0.25) is 0 Å². The number of nitrogens with zero attached hydrogens (tertiary/aromatic N) is 1. The molecule has 26 heavy (non-hydrogen) atoms. The average molecular weight is 352 g/mol. The lowest BCUT2D eigenvalue weighted by Crippen LogP contribution is -2.30. The third-order valence-corrected chi connectivity index (χ3v) is 4.11. The number of aryl methyl sites for hydroxylation is 1. The SMILES string of the molecule is COc1cccc(NC(=O)[C@H](C)OC(=O)c2cn(C)c3ccccc23)c1. The zero-order valence-corrected chi connectivity index (χ0v) is 14.9. The van der Waals surface area contributed by atoms with E-state index in [4.69, 9.17) is 9.47 Å². The molecule has 0 saturated heterocycles. The fourth-order valence-electron chi connectivity index (χ4n) is 2.73. The summed E-state index contributed by atoms with van der Waals surface area (Å²) in [5, 5.41) is 3.51. The highest BCUT2D eigenvalue weighted by Crippen LogP contribution is 2.22. The number of hydrogen-bond donors (Lipinski definition) is 1. The summed E-state index contributed by atoms with van der Waals surface area (Å²) in [5.74, 6) is -0.315. The van der Waals surface area contributed by atoms with Crippen LogP contribution in [0.3, 0.4) is 0 Å². The van der Waals surface area contributed by atoms with Crippen LogP contribution in [0.4, 0.5) is 5.69 Å². The molecule has 1 heterocycles. The molecule has 2 aromatic carbocycles. The number of benzene rings is 2. The lowest BCUT2D eigenvalue weighted by atomic mass is 10.2. The van der Waals surface area contributed by atoms with E-state index in [9.17, 15) is 9.59 Å². The van der Waals surface area contributed by atoms with Gasteiger partial charge in [0.15, 0.2) is 6.10 Å². The summed E-state index contributed by atoms with van der Waals surface area (Å²) >= 11 is 0. The smallest absolute Gasteiger partial charge is 0.341 e. The first-order valence-electron chi connectivity index (χ1n) is 8.19. The molecule has 0 bridgehead atoms. The molecule has 134 valence electrons. The van der Waals surface area contributed by atoms with Crippen LogP contribution in [-0.2, 0) is 16.6 Å². The molecule has 6 nitrogen and oxygen atoms in total. The molecule has 0 aliphatic rings. The third-order valence-electron chi connectivity index (χ3n) is 4.11. The Kier molecular flexibility index (Phi) is 4.93. The number of carbonyl (C=O) groups is 2. The number of nitrogens with one attached hydrogen (secondary N) is 1. The number of aromatic nitrogens is 1. The molecule has 3 rings (SSSR count). The first kappa shape index (κ1) is 17.5. The van der Waals surface area contributed by atoms with Gasteiger partial charge in [-0.1, -0.05) is 24.3 Å². The molecule has 0 spiro atoms. The number of fused-ring (bicyclic) bond motifs is 1. The van der Waals surface area contributed by atoms with Gasteiger partial charge < -0.3 is 19.4 Å². The van der Waals surface area contributed by atoms with Crippen LogP contribution in [0.25, 0.3) is 10.9 Å². The number of methoxy groups -OCH3 is 1. The maximum Gasteiger partial charge on any atom is 0.341 e. The summed E-state index contributed by atoms with van der Waals surface area (Å²) in [7, 11) is 3.41. The van der Waals surface area contributed by atoms with Crippen molar-refractivity contribution in [3.05, 3.63) is 60.3 Å². The van der Waals surface area contributed by atoms with E-state index >= 15 is 0 Å². The molecule has 1 amide bonds. The van der Waals surface area contributed by atoms with Gasteiger partial charge in [0.25, 0.3) is 5.91 Å². The second kappa shape index (κ2) is 7.31. The second-order valence-electron chi connectivity index (χ2n) is 5.94. The zero-order chi connectivity index (χ0) is 18.7. The van der Waals surface area contributed by atoms with Crippen LogP contribution in [-0.4, -0.2) is 29.7 Å². The molecule has 0 aliphatic carbocycles. The van der Waals surface area contributed by atoms with Gasteiger partial charge in [-0.25, -0.2) is 4.79 Å².